The molecule has 7 heteroatoms. The van der Waals surface area contributed by atoms with Gasteiger partial charge in [0.15, 0.2) is 11.5 Å². The van der Waals surface area contributed by atoms with E-state index in [2.05, 4.69) is 26.1 Å². The quantitative estimate of drug-likeness (QED) is 0.793. The SMILES string of the molecule is COc1ccccc1N1CCN(c2ccc(C(=O)N3CCCCCC3)nn2)CC1. The van der Waals surface area contributed by atoms with Gasteiger partial charge in [0.1, 0.15) is 5.75 Å². The molecule has 7 nitrogen and oxygen atoms in total. The van der Waals surface area contributed by atoms with E-state index in [-0.39, 0.29) is 5.91 Å². The molecule has 1 amide bonds. The number of anilines is 2. The number of carbonyl (C=O) groups excluding carboxylic acids is 1. The Balaban J connectivity index is 1.37. The summed E-state index contributed by atoms with van der Waals surface area (Å²) in [5, 5.41) is 8.61. The molecule has 4 rings (SSSR count). The Morgan fingerprint density at radius 3 is 2.17 bits per heavy atom. The molecule has 0 unspecified atom stereocenters. The van der Waals surface area contributed by atoms with E-state index in [0.29, 0.717) is 5.69 Å². The average molecular weight is 396 g/mol. The Morgan fingerprint density at radius 1 is 0.828 bits per heavy atom. The molecular weight excluding hydrogens is 366 g/mol. The van der Waals surface area contributed by atoms with Crippen molar-refractivity contribution in [2.45, 2.75) is 25.7 Å². The Bertz CT molecular complexity index is 810. The van der Waals surface area contributed by atoms with Gasteiger partial charge in [0.05, 0.1) is 12.8 Å². The van der Waals surface area contributed by atoms with Crippen molar-refractivity contribution in [1.82, 2.24) is 15.1 Å². The number of nitrogens with zero attached hydrogens (tertiary/aromatic N) is 5. The van der Waals surface area contributed by atoms with Crippen LogP contribution in [0.4, 0.5) is 11.5 Å². The Labute approximate surface area is 172 Å². The summed E-state index contributed by atoms with van der Waals surface area (Å²) in [6.45, 7) is 5.13. The second kappa shape index (κ2) is 9.11. The summed E-state index contributed by atoms with van der Waals surface area (Å²) in [7, 11) is 1.71. The number of hydrogen-bond donors (Lipinski definition) is 0. The zero-order valence-electron chi connectivity index (χ0n) is 17.1. The number of para-hydroxylation sites is 2. The number of methoxy groups -OCH3 is 1. The maximum atomic E-state index is 12.7. The number of amides is 1. The highest BCUT2D eigenvalue weighted by atomic mass is 16.5. The smallest absolute Gasteiger partial charge is 0.274 e. The Morgan fingerprint density at radius 2 is 1.52 bits per heavy atom. The van der Waals surface area contributed by atoms with Crippen LogP contribution in [-0.4, -0.2) is 67.4 Å². The van der Waals surface area contributed by atoms with E-state index in [0.717, 1.165) is 69.4 Å². The number of aromatic nitrogens is 2. The van der Waals surface area contributed by atoms with Crippen molar-refractivity contribution in [2.24, 2.45) is 0 Å². The number of ether oxygens (including phenoxy) is 1. The summed E-state index contributed by atoms with van der Waals surface area (Å²) in [4.78, 5) is 19.2. The lowest BCUT2D eigenvalue weighted by atomic mass is 10.2. The maximum absolute atomic E-state index is 12.7. The van der Waals surface area contributed by atoms with Crippen LogP contribution < -0.4 is 14.5 Å². The minimum atomic E-state index is 0.00643. The van der Waals surface area contributed by atoms with Crippen LogP contribution in [0.2, 0.25) is 0 Å². The molecule has 0 bridgehead atoms. The number of hydrogen-bond acceptors (Lipinski definition) is 6. The minimum absolute atomic E-state index is 0.00643. The second-order valence-electron chi connectivity index (χ2n) is 7.63. The summed E-state index contributed by atoms with van der Waals surface area (Å²) in [5.74, 6) is 1.74. The highest BCUT2D eigenvalue weighted by molar-refractivity contribution is 5.92. The predicted molar refractivity (Wildman–Crippen MR) is 114 cm³/mol. The molecule has 154 valence electrons. The van der Waals surface area contributed by atoms with Gasteiger partial charge in [-0.25, -0.2) is 0 Å². The number of benzene rings is 1. The number of likely N-dealkylation sites (tertiary alicyclic amines) is 1. The van der Waals surface area contributed by atoms with Crippen molar-refractivity contribution in [3.05, 3.63) is 42.1 Å². The molecule has 2 aliphatic heterocycles. The third-order valence-corrected chi connectivity index (χ3v) is 5.79. The van der Waals surface area contributed by atoms with Crippen LogP contribution >= 0.6 is 0 Å². The maximum Gasteiger partial charge on any atom is 0.274 e. The first kappa shape index (κ1) is 19.5. The minimum Gasteiger partial charge on any atom is -0.495 e. The molecule has 1 aromatic heterocycles. The normalized spacial score (nSPS) is 17.8. The number of piperazine rings is 1. The van der Waals surface area contributed by atoms with Crippen LogP contribution in [0.1, 0.15) is 36.2 Å². The van der Waals surface area contributed by atoms with Crippen LogP contribution in [-0.2, 0) is 0 Å². The zero-order chi connectivity index (χ0) is 20.1. The molecule has 29 heavy (non-hydrogen) atoms. The van der Waals surface area contributed by atoms with E-state index in [1.165, 1.54) is 12.8 Å². The standard InChI is InChI=1S/C22H29N5O2/c1-29-20-9-5-4-8-19(20)25-14-16-26(17-15-25)21-11-10-18(23-24-21)22(28)27-12-6-2-3-7-13-27/h4-5,8-11H,2-3,6-7,12-17H2,1H3. The van der Waals surface area contributed by atoms with Crippen molar-refractivity contribution >= 4 is 17.4 Å². The predicted octanol–water partition coefficient (Wildman–Crippen LogP) is 2.83. The van der Waals surface area contributed by atoms with Gasteiger partial charge in [0.25, 0.3) is 5.91 Å². The van der Waals surface area contributed by atoms with Crippen molar-refractivity contribution in [2.75, 3.05) is 56.2 Å². The molecule has 3 heterocycles. The van der Waals surface area contributed by atoms with Crippen LogP contribution in [0.15, 0.2) is 36.4 Å². The lowest BCUT2D eigenvalue weighted by Crippen LogP contribution is -2.47. The lowest BCUT2D eigenvalue weighted by Gasteiger charge is -2.37. The topological polar surface area (TPSA) is 61.8 Å². The summed E-state index contributed by atoms with van der Waals surface area (Å²) in [6, 6.07) is 11.9. The first-order chi connectivity index (χ1) is 14.3. The van der Waals surface area contributed by atoms with Gasteiger partial charge in [-0.2, -0.15) is 0 Å². The summed E-state index contributed by atoms with van der Waals surface area (Å²) >= 11 is 0. The van der Waals surface area contributed by atoms with Gasteiger partial charge in [-0.15, -0.1) is 10.2 Å². The highest BCUT2D eigenvalue weighted by Gasteiger charge is 2.22. The van der Waals surface area contributed by atoms with Gasteiger partial charge in [-0.1, -0.05) is 25.0 Å². The van der Waals surface area contributed by atoms with E-state index >= 15 is 0 Å². The van der Waals surface area contributed by atoms with Crippen molar-refractivity contribution in [1.29, 1.82) is 0 Å². The zero-order valence-corrected chi connectivity index (χ0v) is 17.1. The fraction of sp³-hybridized carbons (Fsp3) is 0.500. The summed E-state index contributed by atoms with van der Waals surface area (Å²) in [6.07, 6.45) is 4.56. The number of carbonyl (C=O) groups is 1. The van der Waals surface area contributed by atoms with Crippen molar-refractivity contribution < 1.29 is 9.53 Å². The van der Waals surface area contributed by atoms with Gasteiger partial charge >= 0.3 is 0 Å². The lowest BCUT2D eigenvalue weighted by molar-refractivity contribution is 0.0754. The van der Waals surface area contributed by atoms with Crippen molar-refractivity contribution in [3.63, 3.8) is 0 Å². The molecule has 2 fully saturated rings. The second-order valence-corrected chi connectivity index (χ2v) is 7.63. The molecule has 2 saturated heterocycles. The number of rotatable bonds is 4. The van der Waals surface area contributed by atoms with Crippen LogP contribution in [0.25, 0.3) is 0 Å². The highest BCUT2D eigenvalue weighted by Crippen LogP contribution is 2.29. The van der Waals surface area contributed by atoms with Crippen LogP contribution in [0.5, 0.6) is 5.75 Å². The summed E-state index contributed by atoms with van der Waals surface area (Å²) in [5.41, 5.74) is 1.57. The van der Waals surface area contributed by atoms with E-state index in [1.807, 2.05) is 35.2 Å². The molecule has 1 aromatic carbocycles. The van der Waals surface area contributed by atoms with Crippen molar-refractivity contribution in [3.8, 4) is 5.75 Å². The molecule has 2 aromatic rings. The molecule has 0 atom stereocenters. The molecule has 0 aliphatic carbocycles. The first-order valence-electron chi connectivity index (χ1n) is 10.5. The van der Waals surface area contributed by atoms with Gasteiger partial charge in [-0.05, 0) is 37.1 Å². The first-order valence-corrected chi connectivity index (χ1v) is 10.5. The third kappa shape index (κ3) is 4.44. The molecule has 2 aliphatic rings. The summed E-state index contributed by atoms with van der Waals surface area (Å²) < 4.78 is 5.49. The fourth-order valence-corrected chi connectivity index (χ4v) is 4.11. The van der Waals surface area contributed by atoms with E-state index in [9.17, 15) is 4.79 Å². The third-order valence-electron chi connectivity index (χ3n) is 5.79. The molecule has 0 N–H and O–H groups in total. The van der Waals surface area contributed by atoms with Gasteiger partial charge in [0, 0.05) is 39.3 Å². The average Bonchev–Trinajstić information content (AvgIpc) is 3.08. The van der Waals surface area contributed by atoms with Gasteiger partial charge in [-0.3, -0.25) is 4.79 Å². The molecule has 0 saturated carbocycles. The van der Waals surface area contributed by atoms with E-state index in [4.69, 9.17) is 4.74 Å². The van der Waals surface area contributed by atoms with E-state index in [1.54, 1.807) is 7.11 Å². The Hall–Kier alpha value is -2.83. The Kier molecular flexibility index (Phi) is 6.12. The molecule has 0 spiro atoms. The van der Waals surface area contributed by atoms with E-state index < -0.39 is 0 Å². The fourth-order valence-electron chi connectivity index (χ4n) is 4.11. The van der Waals surface area contributed by atoms with Gasteiger partial charge in [0.2, 0.25) is 0 Å². The van der Waals surface area contributed by atoms with Gasteiger partial charge < -0.3 is 19.4 Å². The van der Waals surface area contributed by atoms with Crippen LogP contribution in [0.3, 0.4) is 0 Å². The monoisotopic (exact) mass is 395 g/mol. The molecule has 0 radical (unpaired) electrons. The largest absolute Gasteiger partial charge is 0.495 e. The molecular formula is C22H29N5O2. The van der Waals surface area contributed by atoms with Crippen LogP contribution in [0, 0.1) is 0 Å².